The molecular weight excluding hydrogens is 236 g/mol. The molecule has 0 atom stereocenters. The second-order valence-corrected chi connectivity index (χ2v) is 5.73. The van der Waals surface area contributed by atoms with Gasteiger partial charge < -0.3 is 10.6 Å². The fraction of sp³-hybridized carbons (Fsp3) is 0.600. The summed E-state index contributed by atoms with van der Waals surface area (Å²) in [5, 5.41) is 8.89. The van der Waals surface area contributed by atoms with Crippen molar-refractivity contribution in [3.63, 3.8) is 0 Å². The smallest absolute Gasteiger partial charge is 0.152 e. The zero-order valence-electron chi connectivity index (χ0n) is 11.8. The van der Waals surface area contributed by atoms with Crippen LogP contribution in [0.25, 0.3) is 0 Å². The summed E-state index contributed by atoms with van der Waals surface area (Å²) in [6.07, 6.45) is 6.63. The molecule has 0 bridgehead atoms. The lowest BCUT2D eigenvalue weighted by Gasteiger charge is -2.32. The van der Waals surface area contributed by atoms with Crippen molar-refractivity contribution in [2.45, 2.75) is 45.6 Å². The third-order valence-corrected chi connectivity index (χ3v) is 3.62. The van der Waals surface area contributed by atoms with Crippen LogP contribution in [0.4, 0.5) is 11.5 Å². The number of nitrogens with two attached hydrogens (primary N) is 1. The van der Waals surface area contributed by atoms with Crippen molar-refractivity contribution < 1.29 is 0 Å². The van der Waals surface area contributed by atoms with Crippen LogP contribution in [0.3, 0.4) is 0 Å². The summed E-state index contributed by atoms with van der Waals surface area (Å²) < 4.78 is 0. The van der Waals surface area contributed by atoms with Crippen molar-refractivity contribution in [3.8, 4) is 6.07 Å². The molecule has 1 heterocycles. The Morgan fingerprint density at radius 2 is 2.16 bits per heavy atom. The second-order valence-electron chi connectivity index (χ2n) is 5.73. The van der Waals surface area contributed by atoms with Crippen LogP contribution in [0.15, 0.2) is 12.3 Å². The lowest BCUT2D eigenvalue weighted by atomic mass is 10.1. The highest BCUT2D eigenvalue weighted by molar-refractivity contribution is 5.65. The Kier molecular flexibility index (Phi) is 4.26. The van der Waals surface area contributed by atoms with E-state index < -0.39 is 0 Å². The molecule has 1 saturated carbocycles. The molecular formula is C15H22N4. The summed E-state index contributed by atoms with van der Waals surface area (Å²) in [7, 11) is 0. The normalized spacial score (nSPS) is 15.7. The van der Waals surface area contributed by atoms with Crippen molar-refractivity contribution >= 4 is 11.5 Å². The zero-order valence-corrected chi connectivity index (χ0v) is 11.8. The molecule has 1 aromatic rings. The molecule has 2 rings (SSSR count). The van der Waals surface area contributed by atoms with E-state index in [1.54, 1.807) is 12.3 Å². The van der Waals surface area contributed by atoms with Gasteiger partial charge >= 0.3 is 0 Å². The maximum absolute atomic E-state index is 8.89. The van der Waals surface area contributed by atoms with Crippen molar-refractivity contribution in [1.29, 1.82) is 5.26 Å². The fourth-order valence-corrected chi connectivity index (χ4v) is 2.79. The molecule has 102 valence electrons. The third-order valence-electron chi connectivity index (χ3n) is 3.62. The first-order valence-corrected chi connectivity index (χ1v) is 7.04. The Balaban J connectivity index is 2.29. The lowest BCUT2D eigenvalue weighted by Crippen LogP contribution is -2.37. The second kappa shape index (κ2) is 5.92. The first kappa shape index (κ1) is 13.7. The summed E-state index contributed by atoms with van der Waals surface area (Å²) in [6.45, 7) is 5.39. The van der Waals surface area contributed by atoms with Gasteiger partial charge in [0.1, 0.15) is 6.07 Å². The van der Waals surface area contributed by atoms with Gasteiger partial charge in [-0.3, -0.25) is 0 Å². The Morgan fingerprint density at radius 3 is 2.68 bits per heavy atom. The van der Waals surface area contributed by atoms with Crippen molar-refractivity contribution in [1.82, 2.24) is 4.98 Å². The Bertz CT molecular complexity index is 470. The minimum Gasteiger partial charge on any atom is -0.396 e. The van der Waals surface area contributed by atoms with Crippen molar-refractivity contribution in [2.24, 2.45) is 5.92 Å². The molecule has 1 aromatic heterocycles. The highest BCUT2D eigenvalue weighted by Crippen LogP contribution is 2.31. The van der Waals surface area contributed by atoms with Crippen LogP contribution in [-0.4, -0.2) is 17.6 Å². The van der Waals surface area contributed by atoms with Gasteiger partial charge in [-0.2, -0.15) is 5.26 Å². The number of nitrogens with zero attached hydrogens (tertiary/aromatic N) is 3. The van der Waals surface area contributed by atoms with Gasteiger partial charge in [0.25, 0.3) is 0 Å². The Morgan fingerprint density at radius 1 is 1.47 bits per heavy atom. The maximum atomic E-state index is 8.89. The molecule has 0 saturated heterocycles. The number of hydrogen-bond acceptors (Lipinski definition) is 4. The Hall–Kier alpha value is -1.76. The predicted molar refractivity (Wildman–Crippen MR) is 77.8 cm³/mol. The molecule has 1 aliphatic rings. The monoisotopic (exact) mass is 258 g/mol. The molecule has 4 heteroatoms. The summed E-state index contributed by atoms with van der Waals surface area (Å²) in [5.41, 5.74) is 7.23. The van der Waals surface area contributed by atoms with Crippen LogP contribution in [0.5, 0.6) is 0 Å². The van der Waals surface area contributed by atoms with E-state index in [0.717, 1.165) is 12.4 Å². The number of aromatic nitrogens is 1. The molecule has 2 N–H and O–H groups in total. The minimum absolute atomic E-state index is 0.525. The van der Waals surface area contributed by atoms with E-state index in [-0.39, 0.29) is 0 Å². The molecule has 0 amide bonds. The van der Waals surface area contributed by atoms with Crippen LogP contribution in [-0.2, 0) is 0 Å². The van der Waals surface area contributed by atoms with Crippen molar-refractivity contribution in [3.05, 3.63) is 17.8 Å². The summed E-state index contributed by atoms with van der Waals surface area (Å²) in [5.74, 6) is 1.41. The van der Waals surface area contributed by atoms with Gasteiger partial charge in [0.05, 0.1) is 11.3 Å². The molecule has 0 aliphatic heterocycles. The quantitative estimate of drug-likeness (QED) is 0.901. The maximum Gasteiger partial charge on any atom is 0.152 e. The van der Waals surface area contributed by atoms with E-state index in [0.29, 0.717) is 23.2 Å². The molecule has 19 heavy (non-hydrogen) atoms. The molecule has 0 spiro atoms. The molecule has 0 radical (unpaired) electrons. The first-order valence-electron chi connectivity index (χ1n) is 7.04. The van der Waals surface area contributed by atoms with Crippen LogP contribution >= 0.6 is 0 Å². The number of anilines is 2. The van der Waals surface area contributed by atoms with E-state index >= 15 is 0 Å². The molecule has 0 aromatic carbocycles. The van der Waals surface area contributed by atoms with Gasteiger partial charge in [-0.15, -0.1) is 0 Å². The Labute approximate surface area is 115 Å². The van der Waals surface area contributed by atoms with E-state index in [2.05, 4.69) is 29.8 Å². The summed E-state index contributed by atoms with van der Waals surface area (Å²) in [4.78, 5) is 6.77. The van der Waals surface area contributed by atoms with Crippen LogP contribution < -0.4 is 10.6 Å². The van der Waals surface area contributed by atoms with Crippen LogP contribution in [0, 0.1) is 17.2 Å². The van der Waals surface area contributed by atoms with Gasteiger partial charge in [-0.05, 0) is 24.8 Å². The minimum atomic E-state index is 0.525. The van der Waals surface area contributed by atoms with E-state index in [9.17, 15) is 0 Å². The summed E-state index contributed by atoms with van der Waals surface area (Å²) >= 11 is 0. The van der Waals surface area contributed by atoms with Gasteiger partial charge in [-0.1, -0.05) is 26.7 Å². The van der Waals surface area contributed by atoms with E-state index in [4.69, 9.17) is 11.0 Å². The number of nitrogen functional groups attached to an aromatic ring is 1. The SMILES string of the molecule is CC(C)CN(c1ncc(C#N)cc1N)C1CCCC1. The lowest BCUT2D eigenvalue weighted by molar-refractivity contribution is 0.532. The predicted octanol–water partition coefficient (Wildman–Crippen LogP) is 2.94. The fourth-order valence-electron chi connectivity index (χ4n) is 2.79. The van der Waals surface area contributed by atoms with E-state index in [1.807, 2.05) is 0 Å². The molecule has 1 aliphatic carbocycles. The van der Waals surface area contributed by atoms with Gasteiger partial charge in [0.15, 0.2) is 5.82 Å². The third kappa shape index (κ3) is 3.17. The highest BCUT2D eigenvalue weighted by atomic mass is 15.2. The standard InChI is InChI=1S/C15H22N4/c1-11(2)10-19(13-5-3-4-6-13)15-14(17)7-12(8-16)9-18-15/h7,9,11,13H,3-6,10,17H2,1-2H3. The van der Waals surface area contributed by atoms with Crippen molar-refractivity contribution in [2.75, 3.05) is 17.2 Å². The largest absolute Gasteiger partial charge is 0.396 e. The van der Waals surface area contributed by atoms with Crippen LogP contribution in [0.1, 0.15) is 45.1 Å². The number of nitriles is 1. The zero-order chi connectivity index (χ0) is 13.8. The first-order chi connectivity index (χ1) is 9.11. The number of rotatable bonds is 4. The topological polar surface area (TPSA) is 65.9 Å². The average Bonchev–Trinajstić information content (AvgIpc) is 2.89. The number of pyridine rings is 1. The molecule has 4 nitrogen and oxygen atoms in total. The van der Waals surface area contributed by atoms with Gasteiger partial charge in [0.2, 0.25) is 0 Å². The van der Waals surface area contributed by atoms with Crippen LogP contribution in [0.2, 0.25) is 0 Å². The van der Waals surface area contributed by atoms with Gasteiger partial charge in [-0.25, -0.2) is 4.98 Å². The van der Waals surface area contributed by atoms with E-state index in [1.165, 1.54) is 25.7 Å². The van der Waals surface area contributed by atoms with Gasteiger partial charge in [0, 0.05) is 18.8 Å². The molecule has 1 fully saturated rings. The highest BCUT2D eigenvalue weighted by Gasteiger charge is 2.25. The number of hydrogen-bond donors (Lipinski definition) is 1. The average molecular weight is 258 g/mol. The summed E-state index contributed by atoms with van der Waals surface area (Å²) in [6, 6.07) is 4.36. The molecule has 0 unspecified atom stereocenters.